The number of carbonyl (C=O) groups is 1. The predicted octanol–water partition coefficient (Wildman–Crippen LogP) is 4.19. The number of nitrogens with one attached hydrogen (secondary N) is 1. The fourth-order valence-electron chi connectivity index (χ4n) is 2.44. The molecule has 27 heavy (non-hydrogen) atoms. The van der Waals surface area contributed by atoms with Crippen molar-refractivity contribution >= 4 is 50.5 Å². The van der Waals surface area contributed by atoms with E-state index in [2.05, 4.69) is 5.32 Å². The number of ether oxygens (including phenoxy) is 1. The summed E-state index contributed by atoms with van der Waals surface area (Å²) >= 11 is 11.9. The average molecular weight is 431 g/mol. The molecule has 0 aromatic heterocycles. The normalized spacial score (nSPS) is 11.1. The number of hydrogen-bond acceptors (Lipinski definition) is 4. The lowest BCUT2D eigenvalue weighted by molar-refractivity contribution is -0.116. The molecule has 0 heterocycles. The smallest absolute Gasteiger partial charge is 0.232 e. The summed E-state index contributed by atoms with van der Waals surface area (Å²) in [5, 5.41) is 3.51. The van der Waals surface area contributed by atoms with Gasteiger partial charge in [0.05, 0.1) is 29.8 Å². The van der Waals surface area contributed by atoms with Gasteiger partial charge in [0.25, 0.3) is 0 Å². The summed E-state index contributed by atoms with van der Waals surface area (Å²) in [4.78, 5) is 12.1. The Bertz CT molecular complexity index is 919. The van der Waals surface area contributed by atoms with Crippen LogP contribution in [0, 0.1) is 0 Å². The molecule has 0 aliphatic carbocycles. The van der Waals surface area contributed by atoms with Crippen LogP contribution in [0.15, 0.2) is 42.5 Å². The molecule has 1 N–H and O–H groups in total. The van der Waals surface area contributed by atoms with E-state index >= 15 is 0 Å². The van der Waals surface area contributed by atoms with Crippen molar-refractivity contribution in [2.45, 2.75) is 12.8 Å². The molecule has 0 bridgehead atoms. The van der Waals surface area contributed by atoms with Crippen LogP contribution in [-0.2, 0) is 14.8 Å². The topological polar surface area (TPSA) is 75.7 Å². The molecule has 2 rings (SSSR count). The monoisotopic (exact) mass is 430 g/mol. The van der Waals surface area contributed by atoms with E-state index in [1.807, 2.05) is 0 Å². The van der Waals surface area contributed by atoms with Crippen LogP contribution in [0.5, 0.6) is 5.75 Å². The van der Waals surface area contributed by atoms with Crippen LogP contribution in [0.2, 0.25) is 10.0 Å². The molecule has 0 radical (unpaired) electrons. The number of benzene rings is 2. The number of amides is 1. The van der Waals surface area contributed by atoms with Gasteiger partial charge >= 0.3 is 0 Å². The molecule has 0 atom stereocenters. The Morgan fingerprint density at radius 1 is 1.19 bits per heavy atom. The summed E-state index contributed by atoms with van der Waals surface area (Å²) < 4.78 is 30.6. The van der Waals surface area contributed by atoms with Gasteiger partial charge in [-0.15, -0.1) is 0 Å². The van der Waals surface area contributed by atoms with Crippen molar-refractivity contribution in [3.8, 4) is 5.75 Å². The molecule has 146 valence electrons. The highest BCUT2D eigenvalue weighted by atomic mass is 35.5. The molecular formula is C18H20Cl2N2O4S. The minimum Gasteiger partial charge on any atom is -0.497 e. The van der Waals surface area contributed by atoms with Crippen molar-refractivity contribution in [2.75, 3.05) is 29.5 Å². The molecule has 0 saturated carbocycles. The molecule has 6 nitrogen and oxygen atoms in total. The second kappa shape index (κ2) is 9.30. The van der Waals surface area contributed by atoms with Crippen LogP contribution in [0.25, 0.3) is 0 Å². The second-order valence-corrected chi connectivity index (χ2v) is 8.56. The molecular weight excluding hydrogens is 411 g/mol. The Kier molecular flexibility index (Phi) is 7.35. The van der Waals surface area contributed by atoms with Crippen molar-refractivity contribution in [1.82, 2.24) is 0 Å². The van der Waals surface area contributed by atoms with Crippen molar-refractivity contribution in [2.24, 2.45) is 0 Å². The summed E-state index contributed by atoms with van der Waals surface area (Å²) in [6, 6.07) is 11.5. The van der Waals surface area contributed by atoms with E-state index in [0.717, 1.165) is 6.26 Å². The lowest BCUT2D eigenvalue weighted by Gasteiger charge is -2.22. The van der Waals surface area contributed by atoms with Gasteiger partial charge in [-0.05, 0) is 36.8 Å². The molecule has 0 fully saturated rings. The zero-order valence-electron chi connectivity index (χ0n) is 14.9. The minimum absolute atomic E-state index is 0.124. The van der Waals surface area contributed by atoms with Crippen LogP contribution in [0.1, 0.15) is 12.8 Å². The Balaban J connectivity index is 2.01. The zero-order chi connectivity index (χ0) is 20.0. The number of rotatable bonds is 8. The van der Waals surface area contributed by atoms with E-state index in [0.29, 0.717) is 33.6 Å². The predicted molar refractivity (Wildman–Crippen MR) is 110 cm³/mol. The Labute approximate surface area is 169 Å². The highest BCUT2D eigenvalue weighted by molar-refractivity contribution is 7.92. The third-order valence-corrected chi connectivity index (χ3v) is 5.47. The summed E-state index contributed by atoms with van der Waals surface area (Å²) in [5.41, 5.74) is 0.900. The van der Waals surface area contributed by atoms with Gasteiger partial charge in [0.15, 0.2) is 0 Å². The maximum absolute atomic E-state index is 12.1. The third kappa shape index (κ3) is 6.30. The van der Waals surface area contributed by atoms with E-state index < -0.39 is 10.0 Å². The number of carbonyl (C=O) groups excluding carboxylic acids is 1. The number of anilines is 2. The van der Waals surface area contributed by atoms with Gasteiger partial charge in [0.1, 0.15) is 5.75 Å². The maximum Gasteiger partial charge on any atom is 0.232 e. The molecule has 0 aliphatic rings. The van der Waals surface area contributed by atoms with Crippen molar-refractivity contribution in [3.63, 3.8) is 0 Å². The van der Waals surface area contributed by atoms with Crippen LogP contribution >= 0.6 is 23.2 Å². The van der Waals surface area contributed by atoms with Crippen molar-refractivity contribution in [1.29, 1.82) is 0 Å². The second-order valence-electron chi connectivity index (χ2n) is 5.81. The standard InChI is InChI=1S/C18H20Cl2N2O4S/c1-26-15-6-3-5-14(12-15)22(27(2,24)25)10-4-7-18(23)21-17-11-13(19)8-9-16(17)20/h3,5-6,8-9,11-12H,4,7,10H2,1-2H3,(H,21,23). The van der Waals surface area contributed by atoms with Crippen LogP contribution in [0.3, 0.4) is 0 Å². The quantitative estimate of drug-likeness (QED) is 0.680. The van der Waals surface area contributed by atoms with Gasteiger partial charge < -0.3 is 10.1 Å². The van der Waals surface area contributed by atoms with E-state index in [1.54, 1.807) is 42.5 Å². The Hall–Kier alpha value is -1.96. The van der Waals surface area contributed by atoms with Crippen molar-refractivity contribution < 1.29 is 17.9 Å². The zero-order valence-corrected chi connectivity index (χ0v) is 17.2. The largest absolute Gasteiger partial charge is 0.497 e. The number of nitrogens with zero attached hydrogens (tertiary/aromatic N) is 1. The first-order chi connectivity index (χ1) is 12.7. The van der Waals surface area contributed by atoms with Crippen LogP contribution in [-0.4, -0.2) is 34.2 Å². The van der Waals surface area contributed by atoms with Gasteiger partial charge in [-0.3, -0.25) is 9.10 Å². The van der Waals surface area contributed by atoms with E-state index in [1.165, 1.54) is 11.4 Å². The summed E-state index contributed by atoms with van der Waals surface area (Å²) in [6.45, 7) is 0.155. The summed E-state index contributed by atoms with van der Waals surface area (Å²) in [7, 11) is -2.00. The lowest BCUT2D eigenvalue weighted by Crippen LogP contribution is -2.31. The molecule has 0 unspecified atom stereocenters. The van der Waals surface area contributed by atoms with Crippen LogP contribution < -0.4 is 14.4 Å². The third-order valence-electron chi connectivity index (χ3n) is 3.71. The number of halogens is 2. The lowest BCUT2D eigenvalue weighted by atomic mass is 10.2. The van der Waals surface area contributed by atoms with Crippen LogP contribution in [0.4, 0.5) is 11.4 Å². The molecule has 0 aliphatic heterocycles. The number of sulfonamides is 1. The fourth-order valence-corrected chi connectivity index (χ4v) is 3.74. The Morgan fingerprint density at radius 2 is 1.93 bits per heavy atom. The fraction of sp³-hybridized carbons (Fsp3) is 0.278. The Morgan fingerprint density at radius 3 is 2.59 bits per heavy atom. The van der Waals surface area contributed by atoms with Gasteiger partial charge in [-0.2, -0.15) is 0 Å². The molecule has 2 aromatic rings. The molecule has 2 aromatic carbocycles. The highest BCUT2D eigenvalue weighted by Gasteiger charge is 2.18. The van der Waals surface area contributed by atoms with E-state index in [-0.39, 0.29) is 18.9 Å². The van der Waals surface area contributed by atoms with Gasteiger partial charge in [0.2, 0.25) is 15.9 Å². The summed E-state index contributed by atoms with van der Waals surface area (Å²) in [5.74, 6) is 0.271. The first-order valence-corrected chi connectivity index (χ1v) is 10.7. The molecule has 1 amide bonds. The SMILES string of the molecule is COc1cccc(N(CCCC(=O)Nc2cc(Cl)ccc2Cl)S(C)(=O)=O)c1. The minimum atomic E-state index is -3.50. The number of methoxy groups -OCH3 is 1. The van der Waals surface area contributed by atoms with Gasteiger partial charge in [0, 0.05) is 24.1 Å². The van der Waals surface area contributed by atoms with Gasteiger partial charge in [-0.25, -0.2) is 8.42 Å². The molecule has 0 saturated heterocycles. The van der Waals surface area contributed by atoms with E-state index in [4.69, 9.17) is 27.9 Å². The van der Waals surface area contributed by atoms with Crippen molar-refractivity contribution in [3.05, 3.63) is 52.5 Å². The maximum atomic E-state index is 12.1. The first-order valence-electron chi connectivity index (χ1n) is 8.07. The first kappa shape index (κ1) is 21.3. The number of hydrogen-bond donors (Lipinski definition) is 1. The van der Waals surface area contributed by atoms with Gasteiger partial charge in [-0.1, -0.05) is 29.3 Å². The molecule has 0 spiro atoms. The average Bonchev–Trinajstić information content (AvgIpc) is 2.61. The highest BCUT2D eigenvalue weighted by Crippen LogP contribution is 2.26. The molecule has 9 heteroatoms. The van der Waals surface area contributed by atoms with E-state index in [9.17, 15) is 13.2 Å². The summed E-state index contributed by atoms with van der Waals surface area (Å²) in [6.07, 6.45) is 1.57.